The van der Waals surface area contributed by atoms with Crippen molar-refractivity contribution in [1.82, 2.24) is 0 Å². The number of alkyl halides is 1. The minimum atomic E-state index is 0. The molecule has 0 fully saturated rings. The third-order valence-corrected chi connectivity index (χ3v) is 1.63. The Bertz CT molecular complexity index is 183. The van der Waals surface area contributed by atoms with Crippen LogP contribution in [0.15, 0.2) is 24.3 Å². The van der Waals surface area contributed by atoms with Crippen LogP contribution < -0.4 is 0 Å². The van der Waals surface area contributed by atoms with Gasteiger partial charge in [0.1, 0.15) is 0 Å². The molecule has 1 atom stereocenters. The van der Waals surface area contributed by atoms with E-state index in [1.54, 1.807) is 0 Å². The van der Waals surface area contributed by atoms with Gasteiger partial charge in [0, 0.05) is 10.9 Å². The van der Waals surface area contributed by atoms with Gasteiger partial charge >= 0.3 is 0 Å². The van der Waals surface area contributed by atoms with Crippen LogP contribution in [0.3, 0.4) is 0 Å². The second-order valence-corrected chi connectivity index (χ2v) is 2.46. The number of hydrogen-bond donors (Lipinski definition) is 0. The third kappa shape index (κ3) is 2.88. The van der Waals surface area contributed by atoms with Crippen LogP contribution in [0.4, 0.5) is 0 Å². The van der Waals surface area contributed by atoms with Crippen molar-refractivity contribution in [2.75, 3.05) is 0 Å². The Morgan fingerprint density at radius 1 is 1.10 bits per heavy atom. The number of hydrogen-bond acceptors (Lipinski definition) is 0. The molecule has 0 aliphatic heterocycles. The Morgan fingerprint density at radius 2 is 1.60 bits per heavy atom. The van der Waals surface area contributed by atoms with E-state index in [2.05, 4.69) is 0 Å². The van der Waals surface area contributed by atoms with Gasteiger partial charge in [0.2, 0.25) is 0 Å². The zero-order valence-corrected chi connectivity index (χ0v) is 8.41. The lowest BCUT2D eigenvalue weighted by atomic mass is 10.2. The van der Waals surface area contributed by atoms with Crippen molar-refractivity contribution in [1.29, 1.82) is 0 Å². The fourth-order valence-electron chi connectivity index (χ4n) is 0.573. The second kappa shape index (κ2) is 4.96. The van der Waals surface area contributed by atoms with Gasteiger partial charge in [0.15, 0.2) is 0 Å². The minimum absolute atomic E-state index is 0. The van der Waals surface area contributed by atoms with Crippen LogP contribution >= 0.6 is 33.1 Å². The summed E-state index contributed by atoms with van der Waals surface area (Å²) in [5.74, 6) is 0.553. The topological polar surface area (TPSA) is 0 Å². The SMILES string of the molecule is ClCc1ccc(Cl)cc1.P. The Morgan fingerprint density at radius 3 is 2.00 bits per heavy atom. The van der Waals surface area contributed by atoms with Crippen molar-refractivity contribution in [3.8, 4) is 0 Å². The molecule has 0 N–H and O–H groups in total. The van der Waals surface area contributed by atoms with Gasteiger partial charge in [-0.15, -0.1) is 11.6 Å². The van der Waals surface area contributed by atoms with Crippen LogP contribution in [-0.4, -0.2) is 0 Å². The molecular weight excluding hydrogens is 186 g/mol. The molecule has 0 radical (unpaired) electrons. The highest BCUT2D eigenvalue weighted by molar-refractivity contribution is 6.92. The Hall–Kier alpha value is 0.230. The Labute approximate surface area is 74.2 Å². The fraction of sp³-hybridized carbons (Fsp3) is 0.143. The molecule has 1 aromatic carbocycles. The molecule has 3 heteroatoms. The highest BCUT2D eigenvalue weighted by Gasteiger charge is 1.87. The molecule has 0 bridgehead atoms. The van der Waals surface area contributed by atoms with E-state index in [1.165, 1.54) is 0 Å². The number of rotatable bonds is 1. The van der Waals surface area contributed by atoms with Gasteiger partial charge in [-0.1, -0.05) is 23.7 Å². The quantitative estimate of drug-likeness (QED) is 0.477. The summed E-state index contributed by atoms with van der Waals surface area (Å²) in [6.07, 6.45) is 0. The fourth-order valence-corrected chi connectivity index (χ4v) is 0.878. The summed E-state index contributed by atoms with van der Waals surface area (Å²) in [4.78, 5) is 0. The lowest BCUT2D eigenvalue weighted by Crippen LogP contribution is -1.73. The lowest BCUT2D eigenvalue weighted by molar-refractivity contribution is 1.40. The van der Waals surface area contributed by atoms with E-state index in [-0.39, 0.29) is 9.90 Å². The minimum Gasteiger partial charge on any atom is -0.153 e. The predicted molar refractivity (Wildman–Crippen MR) is 52.1 cm³/mol. The van der Waals surface area contributed by atoms with Crippen LogP contribution in [0.2, 0.25) is 5.02 Å². The number of benzene rings is 1. The molecule has 1 rings (SSSR count). The highest BCUT2D eigenvalue weighted by Crippen LogP contribution is 2.10. The average molecular weight is 195 g/mol. The molecule has 0 saturated heterocycles. The van der Waals surface area contributed by atoms with Crippen LogP contribution in [0, 0.1) is 0 Å². The molecule has 0 nitrogen and oxygen atoms in total. The van der Waals surface area contributed by atoms with Crippen molar-refractivity contribution >= 4 is 33.1 Å². The van der Waals surface area contributed by atoms with Crippen molar-refractivity contribution in [3.63, 3.8) is 0 Å². The molecular formula is C7H9Cl2P. The zero-order valence-electron chi connectivity index (χ0n) is 5.48. The van der Waals surface area contributed by atoms with Gasteiger partial charge in [-0.2, -0.15) is 9.90 Å². The van der Waals surface area contributed by atoms with E-state index < -0.39 is 0 Å². The molecule has 1 unspecified atom stereocenters. The normalized spacial score (nSPS) is 8.60. The maximum Gasteiger partial charge on any atom is 0.0474 e. The molecule has 10 heavy (non-hydrogen) atoms. The van der Waals surface area contributed by atoms with Gasteiger partial charge < -0.3 is 0 Å². The van der Waals surface area contributed by atoms with Crippen molar-refractivity contribution < 1.29 is 0 Å². The van der Waals surface area contributed by atoms with Crippen LogP contribution in [-0.2, 0) is 5.88 Å². The van der Waals surface area contributed by atoms with Gasteiger partial charge in [-0.05, 0) is 17.7 Å². The first-order valence-corrected chi connectivity index (χ1v) is 3.54. The predicted octanol–water partition coefficient (Wildman–Crippen LogP) is 3.14. The molecule has 0 amide bonds. The van der Waals surface area contributed by atoms with Gasteiger partial charge in [-0.3, -0.25) is 0 Å². The van der Waals surface area contributed by atoms with E-state index in [0.29, 0.717) is 5.88 Å². The second-order valence-electron chi connectivity index (χ2n) is 1.76. The largest absolute Gasteiger partial charge is 0.153 e. The monoisotopic (exact) mass is 194 g/mol. The van der Waals surface area contributed by atoms with Crippen LogP contribution in [0.1, 0.15) is 5.56 Å². The standard InChI is InChI=1S/C7H6Cl2.H3P/c8-5-6-1-3-7(9)4-2-6;/h1-4H,5H2;1H3. The summed E-state index contributed by atoms with van der Waals surface area (Å²) in [7, 11) is 0. The molecule has 0 aromatic heterocycles. The maximum atomic E-state index is 5.63. The van der Waals surface area contributed by atoms with E-state index in [0.717, 1.165) is 10.6 Å². The third-order valence-electron chi connectivity index (χ3n) is 1.07. The molecule has 1 aromatic rings. The van der Waals surface area contributed by atoms with Gasteiger partial charge in [-0.25, -0.2) is 0 Å². The summed E-state index contributed by atoms with van der Waals surface area (Å²) >= 11 is 11.2. The Balaban J connectivity index is 0.000000810. The van der Waals surface area contributed by atoms with E-state index in [4.69, 9.17) is 23.2 Å². The molecule has 0 spiro atoms. The summed E-state index contributed by atoms with van der Waals surface area (Å²) in [6.45, 7) is 0. The maximum absolute atomic E-state index is 5.63. The summed E-state index contributed by atoms with van der Waals surface area (Å²) in [5.41, 5.74) is 1.10. The average Bonchev–Trinajstić information content (AvgIpc) is 1.90. The van der Waals surface area contributed by atoms with Crippen molar-refractivity contribution in [2.24, 2.45) is 0 Å². The summed E-state index contributed by atoms with van der Waals surface area (Å²) < 4.78 is 0. The lowest BCUT2D eigenvalue weighted by Gasteiger charge is -1.91. The van der Waals surface area contributed by atoms with Crippen molar-refractivity contribution in [3.05, 3.63) is 34.9 Å². The first kappa shape index (κ1) is 10.2. The smallest absolute Gasteiger partial charge is 0.0474 e. The first-order valence-electron chi connectivity index (χ1n) is 2.63. The van der Waals surface area contributed by atoms with E-state index in [9.17, 15) is 0 Å². The molecule has 0 aliphatic rings. The van der Waals surface area contributed by atoms with Gasteiger partial charge in [0.05, 0.1) is 0 Å². The highest BCUT2D eigenvalue weighted by atomic mass is 35.5. The zero-order chi connectivity index (χ0) is 6.69. The molecule has 0 aliphatic carbocycles. The van der Waals surface area contributed by atoms with Crippen molar-refractivity contribution in [2.45, 2.75) is 5.88 Å². The molecule has 0 heterocycles. The van der Waals surface area contributed by atoms with E-state index in [1.807, 2.05) is 24.3 Å². The van der Waals surface area contributed by atoms with E-state index >= 15 is 0 Å². The summed E-state index contributed by atoms with van der Waals surface area (Å²) in [5, 5.41) is 0.754. The Kier molecular flexibility index (Phi) is 5.07. The summed E-state index contributed by atoms with van der Waals surface area (Å²) in [6, 6.07) is 7.49. The van der Waals surface area contributed by atoms with Crippen LogP contribution in [0.5, 0.6) is 0 Å². The van der Waals surface area contributed by atoms with Crippen LogP contribution in [0.25, 0.3) is 0 Å². The number of halogens is 2. The molecule has 0 saturated carbocycles. The van der Waals surface area contributed by atoms with Gasteiger partial charge in [0.25, 0.3) is 0 Å². The molecule has 56 valence electrons. The first-order chi connectivity index (χ1) is 4.33.